The van der Waals surface area contributed by atoms with Crippen molar-refractivity contribution in [1.29, 1.82) is 0 Å². The fourth-order valence-corrected chi connectivity index (χ4v) is 2.70. The molecule has 5 nitrogen and oxygen atoms in total. The molecule has 0 aliphatic rings. The quantitative estimate of drug-likeness (QED) is 0.859. The Balaban J connectivity index is 2.11. The van der Waals surface area contributed by atoms with Crippen molar-refractivity contribution in [2.75, 3.05) is 17.7 Å². The maximum atomic E-state index is 11.1. The summed E-state index contributed by atoms with van der Waals surface area (Å²) in [6.45, 7) is 4.26. The predicted octanol–water partition coefficient (Wildman–Crippen LogP) is 3.28. The molecule has 112 valence electrons. The minimum absolute atomic E-state index is 0.0961. The zero-order valence-corrected chi connectivity index (χ0v) is 13.2. The summed E-state index contributed by atoms with van der Waals surface area (Å²) in [5.41, 5.74) is 1.58. The Bertz CT molecular complexity index is 625. The van der Waals surface area contributed by atoms with E-state index in [9.17, 15) is 4.79 Å². The van der Waals surface area contributed by atoms with Gasteiger partial charge in [0, 0.05) is 23.7 Å². The Morgan fingerprint density at radius 1 is 1.43 bits per heavy atom. The molecule has 2 rings (SSSR count). The third-order valence-electron chi connectivity index (χ3n) is 2.88. The number of ether oxygens (including phenoxy) is 1. The number of carbonyl (C=O) groups excluding carboxylic acids is 1. The molecule has 0 fully saturated rings. The van der Waals surface area contributed by atoms with Crippen LogP contribution in [0.25, 0.3) is 0 Å². The highest BCUT2D eigenvalue weighted by molar-refractivity contribution is 7.11. The smallest absolute Gasteiger partial charge is 0.221 e. The molecule has 1 aromatic carbocycles. The molecule has 21 heavy (non-hydrogen) atoms. The number of benzene rings is 1. The number of anilines is 2. The second kappa shape index (κ2) is 7.08. The summed E-state index contributed by atoms with van der Waals surface area (Å²) in [6, 6.07) is 5.51. The second-order valence-corrected chi connectivity index (χ2v) is 5.72. The van der Waals surface area contributed by atoms with Gasteiger partial charge in [0.2, 0.25) is 5.91 Å². The van der Waals surface area contributed by atoms with Crippen molar-refractivity contribution >= 4 is 28.6 Å². The van der Waals surface area contributed by atoms with Crippen LogP contribution in [0.1, 0.15) is 23.7 Å². The van der Waals surface area contributed by atoms with Crippen molar-refractivity contribution in [3.05, 3.63) is 34.3 Å². The van der Waals surface area contributed by atoms with Gasteiger partial charge in [-0.3, -0.25) is 4.79 Å². The topological polar surface area (TPSA) is 63.2 Å². The Kier molecular flexibility index (Phi) is 5.16. The lowest BCUT2D eigenvalue weighted by molar-refractivity contribution is -0.114. The molecule has 2 N–H and O–H groups in total. The van der Waals surface area contributed by atoms with Gasteiger partial charge in [0.1, 0.15) is 5.75 Å². The summed E-state index contributed by atoms with van der Waals surface area (Å²) >= 11 is 1.70. The van der Waals surface area contributed by atoms with Crippen LogP contribution in [-0.4, -0.2) is 18.0 Å². The van der Waals surface area contributed by atoms with Crippen LogP contribution >= 0.6 is 11.3 Å². The van der Waals surface area contributed by atoms with E-state index in [0.29, 0.717) is 6.54 Å². The van der Waals surface area contributed by atoms with Crippen LogP contribution in [0.5, 0.6) is 5.75 Å². The zero-order valence-electron chi connectivity index (χ0n) is 12.4. The number of aryl methyl sites for hydroxylation is 1. The summed E-state index contributed by atoms with van der Waals surface area (Å²) in [4.78, 5) is 16.6. The molecule has 0 radical (unpaired) electrons. The lowest BCUT2D eigenvalue weighted by Crippen LogP contribution is -2.07. The zero-order chi connectivity index (χ0) is 15.2. The van der Waals surface area contributed by atoms with Crippen molar-refractivity contribution in [3.63, 3.8) is 0 Å². The number of carbonyl (C=O) groups is 1. The van der Waals surface area contributed by atoms with Gasteiger partial charge in [-0.1, -0.05) is 6.92 Å². The number of amides is 1. The number of nitrogens with zero attached hydrogens (tertiary/aromatic N) is 1. The highest BCUT2D eigenvalue weighted by atomic mass is 32.1. The molecule has 0 saturated carbocycles. The van der Waals surface area contributed by atoms with E-state index in [0.717, 1.165) is 28.6 Å². The number of rotatable bonds is 6. The van der Waals surface area contributed by atoms with Crippen LogP contribution < -0.4 is 15.4 Å². The first-order valence-electron chi connectivity index (χ1n) is 6.75. The van der Waals surface area contributed by atoms with E-state index < -0.39 is 0 Å². The minimum Gasteiger partial charge on any atom is -0.495 e. The third-order valence-corrected chi connectivity index (χ3v) is 4.02. The summed E-state index contributed by atoms with van der Waals surface area (Å²) in [7, 11) is 1.63. The monoisotopic (exact) mass is 305 g/mol. The molecule has 0 bridgehead atoms. The highest BCUT2D eigenvalue weighted by Crippen LogP contribution is 2.28. The third kappa shape index (κ3) is 4.19. The van der Waals surface area contributed by atoms with Crippen molar-refractivity contribution in [2.24, 2.45) is 0 Å². The number of hydrogen-bond acceptors (Lipinski definition) is 5. The van der Waals surface area contributed by atoms with Crippen molar-refractivity contribution in [3.8, 4) is 5.75 Å². The molecule has 6 heteroatoms. The van der Waals surface area contributed by atoms with Crippen LogP contribution in [0.15, 0.2) is 24.4 Å². The number of hydrogen-bond donors (Lipinski definition) is 2. The Hall–Kier alpha value is -2.08. The first kappa shape index (κ1) is 15.3. The minimum atomic E-state index is -0.0961. The van der Waals surface area contributed by atoms with Gasteiger partial charge in [-0.2, -0.15) is 0 Å². The molecule has 0 saturated heterocycles. The molecular weight excluding hydrogens is 286 g/mol. The van der Waals surface area contributed by atoms with Gasteiger partial charge in [-0.25, -0.2) is 4.98 Å². The average molecular weight is 305 g/mol. The van der Waals surface area contributed by atoms with Crippen molar-refractivity contribution in [2.45, 2.75) is 26.8 Å². The Labute approximate surface area is 128 Å². The van der Waals surface area contributed by atoms with Crippen LogP contribution in [-0.2, 0) is 17.8 Å². The first-order valence-corrected chi connectivity index (χ1v) is 7.57. The van der Waals surface area contributed by atoms with E-state index in [-0.39, 0.29) is 5.91 Å². The predicted molar refractivity (Wildman–Crippen MR) is 86.1 cm³/mol. The summed E-state index contributed by atoms with van der Waals surface area (Å²) in [6.07, 6.45) is 2.84. The molecule has 0 aliphatic heterocycles. The van der Waals surface area contributed by atoms with E-state index in [2.05, 4.69) is 22.5 Å². The van der Waals surface area contributed by atoms with Gasteiger partial charge in [0.15, 0.2) is 0 Å². The van der Waals surface area contributed by atoms with Gasteiger partial charge in [-0.05, 0) is 24.6 Å². The molecule has 0 aliphatic carbocycles. The van der Waals surface area contributed by atoms with Crippen molar-refractivity contribution in [1.82, 2.24) is 4.98 Å². The largest absolute Gasteiger partial charge is 0.495 e. The number of thiazole rings is 1. The van der Waals surface area contributed by atoms with E-state index >= 15 is 0 Å². The van der Waals surface area contributed by atoms with Crippen LogP contribution in [0.2, 0.25) is 0 Å². The normalized spacial score (nSPS) is 10.2. The number of aromatic nitrogens is 1. The fourth-order valence-electron chi connectivity index (χ4n) is 1.90. The number of nitrogens with one attached hydrogen (secondary N) is 2. The van der Waals surface area contributed by atoms with Crippen molar-refractivity contribution < 1.29 is 9.53 Å². The fraction of sp³-hybridized carbons (Fsp3) is 0.333. The van der Waals surface area contributed by atoms with Crippen LogP contribution in [0, 0.1) is 0 Å². The highest BCUT2D eigenvalue weighted by Gasteiger charge is 2.07. The van der Waals surface area contributed by atoms with Gasteiger partial charge >= 0.3 is 0 Å². The molecule has 1 aromatic heterocycles. The molecule has 1 amide bonds. The number of methoxy groups -OCH3 is 1. The Morgan fingerprint density at radius 3 is 2.86 bits per heavy atom. The lowest BCUT2D eigenvalue weighted by atomic mass is 10.2. The van der Waals surface area contributed by atoms with Gasteiger partial charge in [0.05, 0.1) is 24.3 Å². The van der Waals surface area contributed by atoms with Gasteiger partial charge in [0.25, 0.3) is 0 Å². The molecule has 0 spiro atoms. The van der Waals surface area contributed by atoms with Gasteiger partial charge < -0.3 is 15.4 Å². The Morgan fingerprint density at radius 2 is 2.24 bits per heavy atom. The summed E-state index contributed by atoms with van der Waals surface area (Å²) < 4.78 is 5.33. The van der Waals surface area contributed by atoms with Crippen LogP contribution in [0.4, 0.5) is 11.4 Å². The standard InChI is InChI=1S/C15H19N3O2S/c1-4-15-17-9-12(21-15)8-16-13-7-11(18-10(2)19)5-6-14(13)20-3/h5-7,9,16H,4,8H2,1-3H3,(H,18,19). The SMILES string of the molecule is CCc1ncc(CNc2cc(NC(C)=O)ccc2OC)s1. The first-order chi connectivity index (χ1) is 10.1. The van der Waals surface area contributed by atoms with E-state index in [1.54, 1.807) is 18.4 Å². The van der Waals surface area contributed by atoms with Crippen LogP contribution in [0.3, 0.4) is 0 Å². The maximum absolute atomic E-state index is 11.1. The molecule has 0 atom stereocenters. The molecule has 2 aromatic rings. The second-order valence-electron chi connectivity index (χ2n) is 4.52. The maximum Gasteiger partial charge on any atom is 0.221 e. The average Bonchev–Trinajstić information content (AvgIpc) is 2.92. The summed E-state index contributed by atoms with van der Waals surface area (Å²) in [5.74, 6) is 0.644. The molecular formula is C15H19N3O2S. The van der Waals surface area contributed by atoms with E-state index in [1.807, 2.05) is 24.4 Å². The van der Waals surface area contributed by atoms with E-state index in [1.165, 1.54) is 11.8 Å². The molecule has 0 unspecified atom stereocenters. The summed E-state index contributed by atoms with van der Waals surface area (Å²) in [5, 5.41) is 7.22. The van der Waals surface area contributed by atoms with E-state index in [4.69, 9.17) is 4.74 Å². The molecule has 1 heterocycles. The van der Waals surface area contributed by atoms with Gasteiger partial charge in [-0.15, -0.1) is 11.3 Å². The lowest BCUT2D eigenvalue weighted by Gasteiger charge is -2.12.